The Hall–Kier alpha value is -0.610. The van der Waals surface area contributed by atoms with Crippen molar-refractivity contribution < 1.29 is 9.53 Å². The van der Waals surface area contributed by atoms with Gasteiger partial charge in [0, 0.05) is 19.1 Å². The molecule has 0 aliphatic carbocycles. The van der Waals surface area contributed by atoms with Crippen molar-refractivity contribution in [1.82, 2.24) is 10.2 Å². The first-order valence-corrected chi connectivity index (χ1v) is 7.00. The molecule has 1 heterocycles. The number of likely N-dealkylation sites (tertiary alicyclic amines) is 1. The van der Waals surface area contributed by atoms with Crippen molar-refractivity contribution in [2.75, 3.05) is 26.7 Å². The average molecular weight is 256 g/mol. The normalized spacial score (nSPS) is 22.7. The smallest absolute Gasteiger partial charge is 0.324 e. The lowest BCUT2D eigenvalue weighted by Gasteiger charge is -2.25. The molecule has 0 spiro atoms. The Labute approximate surface area is 111 Å². The van der Waals surface area contributed by atoms with Gasteiger partial charge in [-0.15, -0.1) is 0 Å². The predicted octanol–water partition coefficient (Wildman–Crippen LogP) is 1.50. The molecule has 0 aromatic rings. The van der Waals surface area contributed by atoms with Crippen LogP contribution in [-0.2, 0) is 9.53 Å². The number of ether oxygens (including phenoxy) is 1. The predicted molar refractivity (Wildman–Crippen MR) is 73.5 cm³/mol. The van der Waals surface area contributed by atoms with E-state index < -0.39 is 0 Å². The standard InChI is InChI=1S/C14H28N2O2/c1-10(2)12-6-7-16(8-12)9-13(14(17)18-5)15-11(3)4/h10-13,15H,6-9H2,1-5H3. The molecule has 1 fully saturated rings. The summed E-state index contributed by atoms with van der Waals surface area (Å²) in [7, 11) is 1.46. The fourth-order valence-electron chi connectivity index (χ4n) is 2.57. The number of nitrogens with one attached hydrogen (secondary N) is 1. The van der Waals surface area contributed by atoms with Gasteiger partial charge in [0.25, 0.3) is 0 Å². The van der Waals surface area contributed by atoms with Crippen LogP contribution in [0.2, 0.25) is 0 Å². The summed E-state index contributed by atoms with van der Waals surface area (Å²) in [6.07, 6.45) is 1.24. The third-order valence-corrected chi connectivity index (χ3v) is 3.71. The van der Waals surface area contributed by atoms with Gasteiger partial charge >= 0.3 is 5.97 Å². The van der Waals surface area contributed by atoms with E-state index in [-0.39, 0.29) is 18.1 Å². The van der Waals surface area contributed by atoms with E-state index in [1.54, 1.807) is 0 Å². The van der Waals surface area contributed by atoms with Gasteiger partial charge in [-0.3, -0.25) is 4.79 Å². The quantitative estimate of drug-likeness (QED) is 0.731. The lowest BCUT2D eigenvalue weighted by atomic mass is 9.95. The SMILES string of the molecule is COC(=O)C(CN1CCC(C(C)C)C1)NC(C)C. The molecule has 0 bridgehead atoms. The number of carbonyl (C=O) groups excluding carboxylic acids is 1. The van der Waals surface area contributed by atoms with Gasteiger partial charge in [-0.1, -0.05) is 27.7 Å². The van der Waals surface area contributed by atoms with Crippen LogP contribution in [0.1, 0.15) is 34.1 Å². The van der Waals surface area contributed by atoms with E-state index in [1.807, 2.05) is 0 Å². The minimum atomic E-state index is -0.207. The molecule has 106 valence electrons. The number of nitrogens with zero attached hydrogens (tertiary/aromatic N) is 1. The van der Waals surface area contributed by atoms with Crippen LogP contribution in [0.5, 0.6) is 0 Å². The van der Waals surface area contributed by atoms with Crippen LogP contribution in [0.25, 0.3) is 0 Å². The van der Waals surface area contributed by atoms with Crippen LogP contribution in [0.4, 0.5) is 0 Å². The highest BCUT2D eigenvalue weighted by molar-refractivity contribution is 5.76. The fraction of sp³-hybridized carbons (Fsp3) is 0.929. The van der Waals surface area contributed by atoms with Crippen LogP contribution in [0, 0.1) is 11.8 Å². The van der Waals surface area contributed by atoms with Crippen molar-refractivity contribution in [3.63, 3.8) is 0 Å². The third-order valence-electron chi connectivity index (χ3n) is 3.71. The lowest BCUT2D eigenvalue weighted by molar-refractivity contribution is -0.143. The molecule has 4 nitrogen and oxygen atoms in total. The maximum atomic E-state index is 11.7. The highest BCUT2D eigenvalue weighted by Crippen LogP contribution is 2.23. The van der Waals surface area contributed by atoms with Gasteiger partial charge in [-0.25, -0.2) is 0 Å². The minimum Gasteiger partial charge on any atom is -0.468 e. The van der Waals surface area contributed by atoms with Gasteiger partial charge in [0.05, 0.1) is 7.11 Å². The second-order valence-electron chi connectivity index (χ2n) is 5.95. The Kier molecular flexibility index (Phi) is 6.09. The largest absolute Gasteiger partial charge is 0.468 e. The van der Waals surface area contributed by atoms with E-state index in [2.05, 4.69) is 37.9 Å². The molecule has 0 aromatic heterocycles. The first kappa shape index (κ1) is 15.4. The Morgan fingerprint density at radius 3 is 2.50 bits per heavy atom. The summed E-state index contributed by atoms with van der Waals surface area (Å²) in [5, 5.41) is 3.29. The topological polar surface area (TPSA) is 41.6 Å². The van der Waals surface area contributed by atoms with Crippen LogP contribution >= 0.6 is 0 Å². The number of methoxy groups -OCH3 is 1. The van der Waals surface area contributed by atoms with Crippen molar-refractivity contribution in [3.05, 3.63) is 0 Å². The molecular formula is C14H28N2O2. The Balaban J connectivity index is 2.49. The van der Waals surface area contributed by atoms with Gasteiger partial charge in [-0.2, -0.15) is 0 Å². The van der Waals surface area contributed by atoms with Gasteiger partial charge in [0.15, 0.2) is 0 Å². The first-order chi connectivity index (χ1) is 8.43. The Bertz CT molecular complexity index is 267. The summed E-state index contributed by atoms with van der Waals surface area (Å²) < 4.78 is 4.87. The molecule has 2 atom stereocenters. The summed E-state index contributed by atoms with van der Waals surface area (Å²) in [5.41, 5.74) is 0. The summed E-state index contributed by atoms with van der Waals surface area (Å²) >= 11 is 0. The number of hydrogen-bond donors (Lipinski definition) is 1. The van der Waals surface area contributed by atoms with Gasteiger partial charge in [-0.05, 0) is 24.8 Å². The van der Waals surface area contributed by atoms with Gasteiger partial charge in [0.2, 0.25) is 0 Å². The summed E-state index contributed by atoms with van der Waals surface area (Å²) in [5.74, 6) is 1.34. The van der Waals surface area contributed by atoms with Crippen molar-refractivity contribution >= 4 is 5.97 Å². The highest BCUT2D eigenvalue weighted by Gasteiger charge is 2.29. The average Bonchev–Trinajstić information content (AvgIpc) is 2.75. The second kappa shape index (κ2) is 7.10. The summed E-state index contributed by atoms with van der Waals surface area (Å²) in [6.45, 7) is 11.6. The maximum absolute atomic E-state index is 11.7. The van der Waals surface area contributed by atoms with Gasteiger partial charge < -0.3 is 15.0 Å². The highest BCUT2D eigenvalue weighted by atomic mass is 16.5. The van der Waals surface area contributed by atoms with E-state index >= 15 is 0 Å². The van der Waals surface area contributed by atoms with Crippen molar-refractivity contribution in [3.8, 4) is 0 Å². The molecule has 0 saturated carbocycles. The molecule has 1 N–H and O–H groups in total. The van der Waals surface area contributed by atoms with Crippen LogP contribution in [0.15, 0.2) is 0 Å². The Morgan fingerprint density at radius 1 is 1.39 bits per heavy atom. The van der Waals surface area contributed by atoms with E-state index in [0.29, 0.717) is 0 Å². The lowest BCUT2D eigenvalue weighted by Crippen LogP contribution is -2.48. The molecule has 1 aliphatic heterocycles. The molecule has 0 amide bonds. The van der Waals surface area contributed by atoms with E-state index in [4.69, 9.17) is 4.74 Å². The summed E-state index contributed by atoms with van der Waals surface area (Å²) in [4.78, 5) is 14.1. The maximum Gasteiger partial charge on any atom is 0.324 e. The molecule has 2 unspecified atom stereocenters. The minimum absolute atomic E-state index is 0.156. The van der Waals surface area contributed by atoms with Crippen molar-refractivity contribution in [2.45, 2.75) is 46.2 Å². The van der Waals surface area contributed by atoms with E-state index in [9.17, 15) is 4.79 Å². The monoisotopic (exact) mass is 256 g/mol. The van der Waals surface area contributed by atoms with Crippen molar-refractivity contribution in [1.29, 1.82) is 0 Å². The molecular weight excluding hydrogens is 228 g/mol. The van der Waals surface area contributed by atoms with Crippen LogP contribution in [-0.4, -0.2) is 49.7 Å². The van der Waals surface area contributed by atoms with Crippen LogP contribution in [0.3, 0.4) is 0 Å². The van der Waals surface area contributed by atoms with E-state index in [0.717, 1.165) is 31.5 Å². The zero-order valence-electron chi connectivity index (χ0n) is 12.4. The molecule has 1 saturated heterocycles. The van der Waals surface area contributed by atoms with Crippen LogP contribution < -0.4 is 5.32 Å². The number of rotatable bonds is 6. The number of esters is 1. The molecule has 18 heavy (non-hydrogen) atoms. The third kappa shape index (κ3) is 4.58. The zero-order valence-corrected chi connectivity index (χ0v) is 12.4. The second-order valence-corrected chi connectivity index (χ2v) is 5.95. The zero-order chi connectivity index (χ0) is 13.7. The van der Waals surface area contributed by atoms with Gasteiger partial charge in [0.1, 0.15) is 6.04 Å². The van der Waals surface area contributed by atoms with E-state index in [1.165, 1.54) is 13.5 Å². The molecule has 0 aromatic carbocycles. The summed E-state index contributed by atoms with van der Waals surface area (Å²) in [6, 6.07) is 0.0820. The first-order valence-electron chi connectivity index (χ1n) is 7.00. The van der Waals surface area contributed by atoms with Crippen molar-refractivity contribution in [2.24, 2.45) is 11.8 Å². The number of carbonyl (C=O) groups is 1. The number of hydrogen-bond acceptors (Lipinski definition) is 4. The molecule has 4 heteroatoms. The molecule has 1 rings (SSSR count). The fourth-order valence-corrected chi connectivity index (χ4v) is 2.57. The molecule has 1 aliphatic rings. The molecule has 0 radical (unpaired) electrons. The Morgan fingerprint density at radius 2 is 2.06 bits per heavy atom.